The van der Waals surface area contributed by atoms with Crippen LogP contribution in [0.25, 0.3) is 5.69 Å². The number of hydrogen-bond donors (Lipinski definition) is 1. The number of thioether (sulfide) groups is 1. The molecular formula is C22H24N2O2S. The van der Waals surface area contributed by atoms with Crippen molar-refractivity contribution in [2.75, 3.05) is 0 Å². The molecule has 2 aromatic carbocycles. The Labute approximate surface area is 163 Å². The van der Waals surface area contributed by atoms with Gasteiger partial charge < -0.3 is 5.11 Å². The normalized spacial score (nSPS) is 12.1. The van der Waals surface area contributed by atoms with Crippen LogP contribution in [0.5, 0.6) is 5.88 Å². The summed E-state index contributed by atoms with van der Waals surface area (Å²) in [4.78, 5) is 17.7. The first-order valence-corrected chi connectivity index (χ1v) is 10.00. The third-order valence-electron chi connectivity index (χ3n) is 4.52. The Balaban J connectivity index is 2.15. The molecule has 0 fully saturated rings. The average Bonchev–Trinajstić information content (AvgIpc) is 2.67. The first-order chi connectivity index (χ1) is 13.0. The zero-order chi connectivity index (χ0) is 19.4. The van der Waals surface area contributed by atoms with Crippen LogP contribution in [0, 0.1) is 6.92 Å². The molecule has 0 aliphatic rings. The number of aromatic hydroxyl groups is 1. The lowest BCUT2D eigenvalue weighted by molar-refractivity contribution is 0.433. The molecule has 1 heterocycles. The van der Waals surface area contributed by atoms with E-state index in [1.807, 2.05) is 61.5 Å². The fourth-order valence-electron chi connectivity index (χ4n) is 2.74. The summed E-state index contributed by atoms with van der Waals surface area (Å²) >= 11 is 1.50. The van der Waals surface area contributed by atoms with Gasteiger partial charge >= 0.3 is 0 Å². The van der Waals surface area contributed by atoms with Crippen molar-refractivity contribution in [2.24, 2.45) is 0 Å². The Hall–Kier alpha value is -2.53. The van der Waals surface area contributed by atoms with Gasteiger partial charge in [0.25, 0.3) is 5.56 Å². The van der Waals surface area contributed by atoms with E-state index in [0.29, 0.717) is 17.1 Å². The molecule has 1 aromatic heterocycles. The van der Waals surface area contributed by atoms with Crippen LogP contribution < -0.4 is 5.56 Å². The summed E-state index contributed by atoms with van der Waals surface area (Å²) in [6.07, 6.45) is 1.29. The van der Waals surface area contributed by atoms with Gasteiger partial charge in [0.2, 0.25) is 5.88 Å². The van der Waals surface area contributed by atoms with Crippen LogP contribution in [-0.4, -0.2) is 19.9 Å². The van der Waals surface area contributed by atoms with Gasteiger partial charge in [-0.05, 0) is 31.0 Å². The van der Waals surface area contributed by atoms with Crippen LogP contribution in [0.4, 0.5) is 0 Å². The molecule has 5 heteroatoms. The van der Waals surface area contributed by atoms with Gasteiger partial charge in [-0.25, -0.2) is 0 Å². The van der Waals surface area contributed by atoms with Gasteiger partial charge in [0.1, 0.15) is 0 Å². The topological polar surface area (TPSA) is 55.1 Å². The molecule has 3 rings (SSSR count). The maximum Gasteiger partial charge on any atom is 0.266 e. The fraction of sp³-hybridized carbons (Fsp3) is 0.273. The third kappa shape index (κ3) is 4.42. The van der Waals surface area contributed by atoms with Crippen molar-refractivity contribution in [3.63, 3.8) is 0 Å². The minimum Gasteiger partial charge on any atom is -0.493 e. The maximum atomic E-state index is 13.3. The highest BCUT2D eigenvalue weighted by atomic mass is 32.2. The number of nitrogens with zero attached hydrogens (tertiary/aromatic N) is 2. The van der Waals surface area contributed by atoms with Crippen LogP contribution in [-0.2, 0) is 6.42 Å². The van der Waals surface area contributed by atoms with E-state index >= 15 is 0 Å². The number of aryl methyl sites for hydroxylation is 1. The second-order valence-electron chi connectivity index (χ2n) is 6.67. The number of rotatable bonds is 6. The molecular weight excluding hydrogens is 356 g/mol. The molecule has 0 unspecified atom stereocenters. The predicted octanol–water partition coefficient (Wildman–Crippen LogP) is 4.73. The summed E-state index contributed by atoms with van der Waals surface area (Å²) in [6.45, 7) is 6.19. The van der Waals surface area contributed by atoms with Gasteiger partial charge in [-0.2, -0.15) is 4.98 Å². The molecule has 0 aliphatic heterocycles. The minimum absolute atomic E-state index is 0.182. The third-order valence-corrected chi connectivity index (χ3v) is 5.74. The van der Waals surface area contributed by atoms with E-state index in [4.69, 9.17) is 0 Å². The first-order valence-electron chi connectivity index (χ1n) is 9.12. The smallest absolute Gasteiger partial charge is 0.266 e. The van der Waals surface area contributed by atoms with Crippen LogP contribution in [0.15, 0.2) is 64.5 Å². The van der Waals surface area contributed by atoms with Crippen molar-refractivity contribution in [1.29, 1.82) is 0 Å². The van der Waals surface area contributed by atoms with Crippen LogP contribution >= 0.6 is 11.8 Å². The van der Waals surface area contributed by atoms with Crippen molar-refractivity contribution in [2.45, 2.75) is 44.0 Å². The van der Waals surface area contributed by atoms with E-state index in [2.05, 4.69) is 18.8 Å². The highest BCUT2D eigenvalue weighted by Gasteiger charge is 2.19. The molecule has 0 saturated carbocycles. The van der Waals surface area contributed by atoms with E-state index in [-0.39, 0.29) is 16.7 Å². The van der Waals surface area contributed by atoms with Crippen LogP contribution in [0.1, 0.15) is 37.0 Å². The van der Waals surface area contributed by atoms with Crippen molar-refractivity contribution in [3.05, 3.63) is 81.6 Å². The summed E-state index contributed by atoms with van der Waals surface area (Å²) in [7, 11) is 0. The van der Waals surface area contributed by atoms with Gasteiger partial charge in [0, 0.05) is 11.7 Å². The lowest BCUT2D eigenvalue weighted by Gasteiger charge is -2.17. The molecule has 140 valence electrons. The van der Waals surface area contributed by atoms with Crippen LogP contribution in [0.2, 0.25) is 0 Å². The summed E-state index contributed by atoms with van der Waals surface area (Å²) in [5.74, 6) is -0.182. The molecule has 0 saturated heterocycles. The second kappa shape index (κ2) is 8.44. The molecule has 27 heavy (non-hydrogen) atoms. The van der Waals surface area contributed by atoms with E-state index in [0.717, 1.165) is 23.2 Å². The Morgan fingerprint density at radius 2 is 1.78 bits per heavy atom. The van der Waals surface area contributed by atoms with Crippen molar-refractivity contribution < 1.29 is 5.11 Å². The zero-order valence-corrected chi connectivity index (χ0v) is 16.7. The summed E-state index contributed by atoms with van der Waals surface area (Å²) in [5, 5.41) is 11.3. The van der Waals surface area contributed by atoms with E-state index < -0.39 is 0 Å². The highest BCUT2D eigenvalue weighted by Crippen LogP contribution is 2.28. The molecule has 1 atom stereocenters. The zero-order valence-electron chi connectivity index (χ0n) is 15.8. The Bertz CT molecular complexity index is 966. The maximum absolute atomic E-state index is 13.3. The molecule has 0 radical (unpaired) electrons. The standard InChI is InChI=1S/C22H24N2O2S/c1-4-16(3)27-22-23-20(25)19(14-17-8-6-5-7-9-17)21(26)24(22)18-12-10-15(2)11-13-18/h5-13,16,25H,4,14H2,1-3H3/t16-/m0/s1. The molecule has 3 aromatic rings. The van der Waals surface area contributed by atoms with Crippen molar-refractivity contribution in [3.8, 4) is 11.6 Å². The molecule has 0 spiro atoms. The summed E-state index contributed by atoms with van der Waals surface area (Å²) in [6, 6.07) is 17.4. The molecule has 1 N–H and O–H groups in total. The lowest BCUT2D eigenvalue weighted by atomic mass is 10.1. The summed E-state index contributed by atoms with van der Waals surface area (Å²) < 4.78 is 1.62. The molecule has 0 aliphatic carbocycles. The molecule has 4 nitrogen and oxygen atoms in total. The average molecular weight is 381 g/mol. The Kier molecular flexibility index (Phi) is 6.01. The van der Waals surface area contributed by atoms with Gasteiger partial charge in [-0.1, -0.05) is 73.6 Å². The van der Waals surface area contributed by atoms with Gasteiger partial charge in [-0.15, -0.1) is 0 Å². The predicted molar refractivity (Wildman–Crippen MR) is 111 cm³/mol. The number of hydrogen-bond acceptors (Lipinski definition) is 4. The van der Waals surface area contributed by atoms with E-state index in [1.165, 1.54) is 11.8 Å². The lowest BCUT2D eigenvalue weighted by Crippen LogP contribution is -2.26. The fourth-order valence-corrected chi connectivity index (χ4v) is 3.70. The van der Waals surface area contributed by atoms with Gasteiger partial charge in [0.15, 0.2) is 5.16 Å². The van der Waals surface area contributed by atoms with Gasteiger partial charge in [0.05, 0.1) is 11.3 Å². The minimum atomic E-state index is -0.221. The van der Waals surface area contributed by atoms with E-state index in [9.17, 15) is 9.90 Å². The van der Waals surface area contributed by atoms with Gasteiger partial charge in [-0.3, -0.25) is 9.36 Å². The quantitative estimate of drug-likeness (QED) is 0.496. The second-order valence-corrected chi connectivity index (χ2v) is 8.08. The Morgan fingerprint density at radius 3 is 2.41 bits per heavy atom. The number of benzene rings is 2. The summed E-state index contributed by atoms with van der Waals surface area (Å²) in [5.41, 5.74) is 2.94. The SMILES string of the molecule is CC[C@H](C)Sc1nc(O)c(Cc2ccccc2)c(=O)n1-c1ccc(C)cc1. The largest absolute Gasteiger partial charge is 0.493 e. The van der Waals surface area contributed by atoms with Crippen molar-refractivity contribution >= 4 is 11.8 Å². The van der Waals surface area contributed by atoms with Crippen LogP contribution in [0.3, 0.4) is 0 Å². The molecule has 0 bridgehead atoms. The number of aromatic nitrogens is 2. The Morgan fingerprint density at radius 1 is 1.11 bits per heavy atom. The van der Waals surface area contributed by atoms with E-state index in [1.54, 1.807) is 4.57 Å². The molecule has 0 amide bonds. The highest BCUT2D eigenvalue weighted by molar-refractivity contribution is 7.99. The van der Waals surface area contributed by atoms with Crippen molar-refractivity contribution in [1.82, 2.24) is 9.55 Å². The first kappa shape index (κ1) is 19.2. The monoisotopic (exact) mass is 380 g/mol.